The van der Waals surface area contributed by atoms with E-state index in [1.807, 2.05) is 55.5 Å². The second kappa shape index (κ2) is 7.40. The SMILES string of the molecule is Cc1cc(Br)ccc1N(C)C(=O)C1CC(=O)N(Cc2ccccc2)C1. The summed E-state index contributed by atoms with van der Waals surface area (Å²) in [5.74, 6) is -0.248. The maximum Gasteiger partial charge on any atom is 0.232 e. The third-order valence-electron chi connectivity index (χ3n) is 4.63. The number of carbonyl (C=O) groups is 2. The zero-order valence-electron chi connectivity index (χ0n) is 14.4. The smallest absolute Gasteiger partial charge is 0.232 e. The van der Waals surface area contributed by atoms with Crippen LogP contribution in [0.2, 0.25) is 0 Å². The Bertz CT molecular complexity index is 792. The Morgan fingerprint density at radius 1 is 1.24 bits per heavy atom. The van der Waals surface area contributed by atoms with E-state index in [1.54, 1.807) is 16.8 Å². The Hall–Kier alpha value is -2.14. The van der Waals surface area contributed by atoms with Crippen LogP contribution in [0.1, 0.15) is 17.5 Å². The van der Waals surface area contributed by atoms with Crippen LogP contribution < -0.4 is 4.90 Å². The van der Waals surface area contributed by atoms with Crippen molar-refractivity contribution in [1.82, 2.24) is 4.90 Å². The molecule has 0 N–H and O–H groups in total. The summed E-state index contributed by atoms with van der Waals surface area (Å²) in [6.07, 6.45) is 0.283. The Morgan fingerprint density at radius 2 is 1.96 bits per heavy atom. The minimum absolute atomic E-state index is 0.00525. The van der Waals surface area contributed by atoms with Crippen molar-refractivity contribution in [2.75, 3.05) is 18.5 Å². The van der Waals surface area contributed by atoms with Gasteiger partial charge in [-0.25, -0.2) is 0 Å². The fourth-order valence-electron chi connectivity index (χ4n) is 3.28. The standard InChI is InChI=1S/C20H21BrN2O2/c1-14-10-17(21)8-9-18(14)22(2)20(25)16-11-19(24)23(13-16)12-15-6-4-3-5-7-15/h3-10,16H,11-13H2,1-2H3. The molecule has 2 amide bonds. The van der Waals surface area contributed by atoms with Crippen molar-refractivity contribution >= 4 is 33.4 Å². The van der Waals surface area contributed by atoms with E-state index in [9.17, 15) is 9.59 Å². The van der Waals surface area contributed by atoms with Crippen molar-refractivity contribution in [3.63, 3.8) is 0 Å². The quantitative estimate of drug-likeness (QED) is 0.783. The number of halogens is 1. The van der Waals surface area contributed by atoms with Gasteiger partial charge in [0.15, 0.2) is 0 Å². The van der Waals surface area contributed by atoms with Crippen molar-refractivity contribution < 1.29 is 9.59 Å². The van der Waals surface area contributed by atoms with Crippen molar-refractivity contribution in [2.45, 2.75) is 19.9 Å². The monoisotopic (exact) mass is 400 g/mol. The first kappa shape index (κ1) is 17.7. The van der Waals surface area contributed by atoms with E-state index < -0.39 is 0 Å². The van der Waals surface area contributed by atoms with E-state index >= 15 is 0 Å². The molecular formula is C20H21BrN2O2. The van der Waals surface area contributed by atoms with Gasteiger partial charge in [0.1, 0.15) is 0 Å². The van der Waals surface area contributed by atoms with Gasteiger partial charge in [0.2, 0.25) is 11.8 Å². The summed E-state index contributed by atoms with van der Waals surface area (Å²) in [7, 11) is 1.78. The Balaban J connectivity index is 1.69. The first-order valence-electron chi connectivity index (χ1n) is 8.31. The number of benzene rings is 2. The molecular weight excluding hydrogens is 380 g/mol. The second-order valence-electron chi connectivity index (χ2n) is 6.49. The van der Waals surface area contributed by atoms with Gasteiger partial charge in [-0.05, 0) is 36.2 Å². The molecule has 1 fully saturated rings. The number of hydrogen-bond acceptors (Lipinski definition) is 2. The lowest BCUT2D eigenvalue weighted by atomic mass is 10.1. The van der Waals surface area contributed by atoms with Gasteiger partial charge in [-0.15, -0.1) is 0 Å². The summed E-state index contributed by atoms with van der Waals surface area (Å²) >= 11 is 3.44. The Labute approximate surface area is 156 Å². The summed E-state index contributed by atoms with van der Waals surface area (Å²) < 4.78 is 0.986. The topological polar surface area (TPSA) is 40.6 Å². The van der Waals surface area contributed by atoms with Crippen LogP contribution in [0.25, 0.3) is 0 Å². The summed E-state index contributed by atoms with van der Waals surface area (Å²) in [5, 5.41) is 0. The summed E-state index contributed by atoms with van der Waals surface area (Å²) in [4.78, 5) is 28.6. The maximum absolute atomic E-state index is 12.9. The van der Waals surface area contributed by atoms with Crippen LogP contribution >= 0.6 is 15.9 Å². The van der Waals surface area contributed by atoms with E-state index in [0.29, 0.717) is 13.1 Å². The van der Waals surface area contributed by atoms with Gasteiger partial charge in [0.05, 0.1) is 5.92 Å². The van der Waals surface area contributed by atoms with Crippen molar-refractivity contribution in [1.29, 1.82) is 0 Å². The first-order chi connectivity index (χ1) is 12.0. The minimum atomic E-state index is -0.288. The molecule has 4 nitrogen and oxygen atoms in total. The van der Waals surface area contributed by atoms with E-state index in [1.165, 1.54) is 0 Å². The number of likely N-dealkylation sites (tertiary alicyclic amines) is 1. The highest BCUT2D eigenvalue weighted by molar-refractivity contribution is 9.10. The van der Waals surface area contributed by atoms with E-state index in [2.05, 4.69) is 15.9 Å². The van der Waals surface area contributed by atoms with E-state index in [-0.39, 0.29) is 24.2 Å². The van der Waals surface area contributed by atoms with Crippen molar-refractivity contribution in [2.24, 2.45) is 5.92 Å². The van der Waals surface area contributed by atoms with Gasteiger partial charge in [-0.3, -0.25) is 9.59 Å². The van der Waals surface area contributed by atoms with E-state index in [4.69, 9.17) is 0 Å². The average molecular weight is 401 g/mol. The molecule has 1 aliphatic rings. The predicted octanol–water partition coefficient (Wildman–Crippen LogP) is 3.77. The second-order valence-corrected chi connectivity index (χ2v) is 7.40. The van der Waals surface area contributed by atoms with Gasteiger partial charge in [-0.2, -0.15) is 0 Å². The Kier molecular flexibility index (Phi) is 5.23. The van der Waals surface area contributed by atoms with Crippen molar-refractivity contribution in [3.05, 3.63) is 64.1 Å². The van der Waals surface area contributed by atoms with Gasteiger partial charge in [-0.1, -0.05) is 46.3 Å². The molecule has 25 heavy (non-hydrogen) atoms. The number of carbonyl (C=O) groups excluding carboxylic acids is 2. The number of nitrogens with zero attached hydrogens (tertiary/aromatic N) is 2. The highest BCUT2D eigenvalue weighted by Crippen LogP contribution is 2.27. The fraction of sp³-hybridized carbons (Fsp3) is 0.300. The molecule has 0 saturated carbocycles. The third-order valence-corrected chi connectivity index (χ3v) is 5.12. The Morgan fingerprint density at radius 3 is 2.64 bits per heavy atom. The largest absolute Gasteiger partial charge is 0.338 e. The van der Waals surface area contributed by atoms with Crippen LogP contribution in [0.5, 0.6) is 0 Å². The van der Waals surface area contributed by atoms with Crippen LogP contribution in [0.3, 0.4) is 0 Å². The number of anilines is 1. The average Bonchev–Trinajstić information content (AvgIpc) is 2.95. The number of aryl methyl sites for hydroxylation is 1. The molecule has 3 rings (SSSR count). The molecule has 1 aliphatic heterocycles. The van der Waals surface area contributed by atoms with Crippen molar-refractivity contribution in [3.8, 4) is 0 Å². The highest BCUT2D eigenvalue weighted by atomic mass is 79.9. The lowest BCUT2D eigenvalue weighted by Crippen LogP contribution is -2.35. The van der Waals surface area contributed by atoms with Crippen LogP contribution in [-0.4, -0.2) is 30.3 Å². The molecule has 0 aromatic heterocycles. The molecule has 1 heterocycles. The molecule has 130 valence electrons. The van der Waals surface area contributed by atoms with Gasteiger partial charge < -0.3 is 9.80 Å². The molecule has 1 unspecified atom stereocenters. The van der Waals surface area contributed by atoms with Gasteiger partial charge in [0, 0.05) is 36.7 Å². The first-order valence-corrected chi connectivity index (χ1v) is 9.10. The van der Waals surface area contributed by atoms with Gasteiger partial charge in [0.25, 0.3) is 0 Å². The molecule has 1 atom stereocenters. The fourth-order valence-corrected chi connectivity index (χ4v) is 3.76. The molecule has 5 heteroatoms. The molecule has 0 radical (unpaired) electrons. The molecule has 1 saturated heterocycles. The molecule has 2 aromatic rings. The summed E-state index contributed by atoms with van der Waals surface area (Å²) in [6.45, 7) is 3.02. The molecule has 2 aromatic carbocycles. The summed E-state index contributed by atoms with van der Waals surface area (Å²) in [6, 6.07) is 15.7. The number of hydrogen-bond donors (Lipinski definition) is 0. The van der Waals surface area contributed by atoms with Crippen LogP contribution in [0, 0.1) is 12.8 Å². The van der Waals surface area contributed by atoms with Crippen LogP contribution in [0.15, 0.2) is 53.0 Å². The zero-order chi connectivity index (χ0) is 18.0. The predicted molar refractivity (Wildman–Crippen MR) is 102 cm³/mol. The number of amides is 2. The molecule has 0 aliphatic carbocycles. The normalized spacial score (nSPS) is 17.0. The lowest BCUT2D eigenvalue weighted by Gasteiger charge is -2.23. The third kappa shape index (κ3) is 3.93. The summed E-state index contributed by atoms with van der Waals surface area (Å²) in [5.41, 5.74) is 2.99. The lowest BCUT2D eigenvalue weighted by molar-refractivity contribution is -0.128. The van der Waals surface area contributed by atoms with Crippen LogP contribution in [-0.2, 0) is 16.1 Å². The van der Waals surface area contributed by atoms with E-state index in [0.717, 1.165) is 21.3 Å². The highest BCUT2D eigenvalue weighted by Gasteiger charge is 2.36. The molecule has 0 bridgehead atoms. The van der Waals surface area contributed by atoms with Crippen LogP contribution in [0.4, 0.5) is 5.69 Å². The van der Waals surface area contributed by atoms with Gasteiger partial charge >= 0.3 is 0 Å². The number of rotatable bonds is 4. The molecule has 0 spiro atoms. The minimum Gasteiger partial charge on any atom is -0.338 e. The zero-order valence-corrected chi connectivity index (χ0v) is 16.0. The maximum atomic E-state index is 12.9.